The maximum absolute atomic E-state index is 13.1. The Kier molecular flexibility index (Phi) is 4.31. The average Bonchev–Trinajstić information content (AvgIpc) is 2.39. The normalized spacial score (nSPS) is 16.6. The van der Waals surface area contributed by atoms with Crippen LogP contribution in [-0.2, 0) is 0 Å². The zero-order chi connectivity index (χ0) is 13.0. The molecule has 1 saturated heterocycles. The zero-order valence-corrected chi connectivity index (χ0v) is 10.7. The van der Waals surface area contributed by atoms with E-state index in [9.17, 15) is 9.18 Å². The second-order valence-corrected chi connectivity index (χ2v) is 4.89. The van der Waals surface area contributed by atoms with E-state index in [-0.39, 0.29) is 11.7 Å². The molecule has 1 aliphatic heterocycles. The van der Waals surface area contributed by atoms with Gasteiger partial charge in [0.05, 0.1) is 0 Å². The van der Waals surface area contributed by atoms with Crippen molar-refractivity contribution in [1.29, 1.82) is 0 Å². The predicted octanol–water partition coefficient (Wildman–Crippen LogP) is 1.90. The topological polar surface area (TPSA) is 32.3 Å². The van der Waals surface area contributed by atoms with Gasteiger partial charge in [-0.15, -0.1) is 0 Å². The minimum Gasteiger partial charge on any atom is -0.341 e. The van der Waals surface area contributed by atoms with Gasteiger partial charge in [0.2, 0.25) is 0 Å². The van der Waals surface area contributed by atoms with E-state index >= 15 is 0 Å². The lowest BCUT2D eigenvalue weighted by Gasteiger charge is -2.27. The van der Waals surface area contributed by atoms with E-state index in [0.717, 1.165) is 32.5 Å². The zero-order valence-electron chi connectivity index (χ0n) is 10.7. The van der Waals surface area contributed by atoms with Crippen molar-refractivity contribution >= 4 is 5.91 Å². The lowest BCUT2D eigenvalue weighted by molar-refractivity contribution is 0.0762. The second kappa shape index (κ2) is 5.96. The molecule has 0 bridgehead atoms. The molecule has 0 aliphatic carbocycles. The molecule has 0 spiro atoms. The molecule has 18 heavy (non-hydrogen) atoms. The minimum absolute atomic E-state index is 0.104. The first-order chi connectivity index (χ1) is 8.66. The number of piperidine rings is 1. The summed E-state index contributed by atoms with van der Waals surface area (Å²) in [7, 11) is 1.79. The first-order valence-electron chi connectivity index (χ1n) is 6.38. The van der Waals surface area contributed by atoms with Crippen LogP contribution in [0.2, 0.25) is 0 Å². The molecule has 1 amide bonds. The van der Waals surface area contributed by atoms with E-state index in [0.29, 0.717) is 11.5 Å². The summed E-state index contributed by atoms with van der Waals surface area (Å²) in [6, 6.07) is 5.87. The summed E-state index contributed by atoms with van der Waals surface area (Å²) in [6.45, 7) is 2.79. The number of nitrogens with zero attached hydrogens (tertiary/aromatic N) is 1. The van der Waals surface area contributed by atoms with Crippen molar-refractivity contribution < 1.29 is 9.18 Å². The summed E-state index contributed by atoms with van der Waals surface area (Å²) in [6.07, 6.45) is 2.20. The van der Waals surface area contributed by atoms with E-state index < -0.39 is 0 Å². The number of carbonyl (C=O) groups excluding carboxylic acids is 1. The highest BCUT2D eigenvalue weighted by molar-refractivity contribution is 5.94. The van der Waals surface area contributed by atoms with Crippen molar-refractivity contribution in [1.82, 2.24) is 10.2 Å². The van der Waals surface area contributed by atoms with Gasteiger partial charge in [-0.05, 0) is 50.0 Å². The Labute approximate surface area is 107 Å². The number of hydrogen-bond acceptors (Lipinski definition) is 2. The summed E-state index contributed by atoms with van der Waals surface area (Å²) in [4.78, 5) is 13.8. The van der Waals surface area contributed by atoms with Crippen molar-refractivity contribution in [3.8, 4) is 0 Å². The Hall–Kier alpha value is -1.42. The predicted molar refractivity (Wildman–Crippen MR) is 69.0 cm³/mol. The number of benzene rings is 1. The van der Waals surface area contributed by atoms with Crippen LogP contribution in [0.4, 0.5) is 4.39 Å². The molecule has 98 valence electrons. The lowest BCUT2D eigenvalue weighted by atomic mass is 9.97. The third kappa shape index (κ3) is 3.29. The van der Waals surface area contributed by atoms with Gasteiger partial charge in [0.25, 0.3) is 5.91 Å². The van der Waals surface area contributed by atoms with Gasteiger partial charge in [0.15, 0.2) is 0 Å². The summed E-state index contributed by atoms with van der Waals surface area (Å²) < 4.78 is 13.1. The van der Waals surface area contributed by atoms with E-state index in [1.807, 2.05) is 0 Å². The van der Waals surface area contributed by atoms with Gasteiger partial charge in [0.1, 0.15) is 5.82 Å². The number of carbonyl (C=O) groups is 1. The first-order valence-corrected chi connectivity index (χ1v) is 6.38. The van der Waals surface area contributed by atoms with E-state index in [2.05, 4.69) is 5.32 Å². The van der Waals surface area contributed by atoms with Crippen LogP contribution < -0.4 is 5.32 Å². The average molecular weight is 250 g/mol. The molecule has 0 saturated carbocycles. The van der Waals surface area contributed by atoms with Crippen molar-refractivity contribution in [3.05, 3.63) is 35.6 Å². The number of halogens is 1. The second-order valence-electron chi connectivity index (χ2n) is 4.89. The Morgan fingerprint density at radius 2 is 2.17 bits per heavy atom. The fourth-order valence-corrected chi connectivity index (χ4v) is 2.38. The molecule has 0 unspecified atom stereocenters. The molecular formula is C14H19FN2O. The van der Waals surface area contributed by atoms with Gasteiger partial charge in [-0.1, -0.05) is 6.07 Å². The van der Waals surface area contributed by atoms with E-state index in [4.69, 9.17) is 0 Å². The Balaban J connectivity index is 1.95. The fourth-order valence-electron chi connectivity index (χ4n) is 2.38. The van der Waals surface area contributed by atoms with Crippen LogP contribution in [-0.4, -0.2) is 37.5 Å². The van der Waals surface area contributed by atoms with Gasteiger partial charge < -0.3 is 10.2 Å². The molecule has 1 N–H and O–H groups in total. The molecule has 1 aromatic rings. The van der Waals surface area contributed by atoms with Gasteiger partial charge >= 0.3 is 0 Å². The molecule has 0 aromatic heterocycles. The minimum atomic E-state index is -0.365. The van der Waals surface area contributed by atoms with Crippen LogP contribution >= 0.6 is 0 Å². The summed E-state index contributed by atoms with van der Waals surface area (Å²) in [5, 5.41) is 3.30. The molecule has 1 heterocycles. The fraction of sp³-hybridized carbons (Fsp3) is 0.500. The van der Waals surface area contributed by atoms with E-state index in [1.54, 1.807) is 24.1 Å². The number of amides is 1. The van der Waals surface area contributed by atoms with Crippen LogP contribution in [0, 0.1) is 11.7 Å². The summed E-state index contributed by atoms with van der Waals surface area (Å²) in [5.74, 6) is 0.0814. The van der Waals surface area contributed by atoms with Gasteiger partial charge in [-0.2, -0.15) is 0 Å². The van der Waals surface area contributed by atoms with Crippen LogP contribution in [0.1, 0.15) is 23.2 Å². The first kappa shape index (κ1) is 13.0. The molecule has 0 radical (unpaired) electrons. The largest absolute Gasteiger partial charge is 0.341 e. The summed E-state index contributed by atoms with van der Waals surface area (Å²) in [5.41, 5.74) is 0.423. The smallest absolute Gasteiger partial charge is 0.253 e. The molecule has 3 nitrogen and oxygen atoms in total. The number of hydrogen-bond donors (Lipinski definition) is 1. The molecular weight excluding hydrogens is 231 g/mol. The summed E-state index contributed by atoms with van der Waals surface area (Å²) >= 11 is 0. The Bertz CT molecular complexity index is 416. The van der Waals surface area contributed by atoms with Crippen LogP contribution in [0.3, 0.4) is 0 Å². The van der Waals surface area contributed by atoms with Crippen LogP contribution in [0.25, 0.3) is 0 Å². The number of rotatable bonds is 3. The lowest BCUT2D eigenvalue weighted by Crippen LogP contribution is -2.37. The monoisotopic (exact) mass is 250 g/mol. The van der Waals surface area contributed by atoms with Gasteiger partial charge in [0, 0.05) is 19.2 Å². The third-order valence-electron chi connectivity index (χ3n) is 3.41. The van der Waals surface area contributed by atoms with Crippen molar-refractivity contribution in [2.45, 2.75) is 12.8 Å². The highest BCUT2D eigenvalue weighted by Gasteiger charge is 2.19. The SMILES string of the molecule is CN(CC1CCNCC1)C(=O)c1cccc(F)c1. The molecule has 4 heteroatoms. The Morgan fingerprint density at radius 1 is 1.44 bits per heavy atom. The molecule has 1 aliphatic rings. The third-order valence-corrected chi connectivity index (χ3v) is 3.41. The standard InChI is InChI=1S/C14H19FN2O/c1-17(10-11-5-7-16-8-6-11)14(18)12-3-2-4-13(15)9-12/h2-4,9,11,16H,5-8,10H2,1H3. The number of nitrogens with one attached hydrogen (secondary N) is 1. The van der Waals surface area contributed by atoms with Gasteiger partial charge in [-0.25, -0.2) is 4.39 Å². The molecule has 1 aromatic carbocycles. The van der Waals surface area contributed by atoms with Crippen molar-refractivity contribution in [2.24, 2.45) is 5.92 Å². The maximum atomic E-state index is 13.1. The molecule has 2 rings (SSSR count). The molecule has 0 atom stereocenters. The maximum Gasteiger partial charge on any atom is 0.253 e. The van der Waals surface area contributed by atoms with Gasteiger partial charge in [-0.3, -0.25) is 4.79 Å². The van der Waals surface area contributed by atoms with Crippen LogP contribution in [0.5, 0.6) is 0 Å². The highest BCUT2D eigenvalue weighted by atomic mass is 19.1. The quantitative estimate of drug-likeness (QED) is 0.888. The van der Waals surface area contributed by atoms with Crippen molar-refractivity contribution in [2.75, 3.05) is 26.7 Å². The van der Waals surface area contributed by atoms with Crippen molar-refractivity contribution in [3.63, 3.8) is 0 Å². The highest BCUT2D eigenvalue weighted by Crippen LogP contribution is 2.14. The van der Waals surface area contributed by atoms with Crippen LogP contribution in [0.15, 0.2) is 24.3 Å². The Morgan fingerprint density at radius 3 is 2.83 bits per heavy atom. The van der Waals surface area contributed by atoms with E-state index in [1.165, 1.54) is 12.1 Å². The molecule has 1 fully saturated rings.